The third-order valence-electron chi connectivity index (χ3n) is 4.63. The van der Waals surface area contributed by atoms with Crippen LogP contribution < -0.4 is 4.74 Å². The van der Waals surface area contributed by atoms with Crippen LogP contribution in [0.5, 0.6) is 5.75 Å². The minimum absolute atomic E-state index is 0.0183. The fourth-order valence-corrected chi connectivity index (χ4v) is 5.79. The molecule has 3 rings (SSSR count). The molecule has 2 heterocycles. The van der Waals surface area contributed by atoms with Gasteiger partial charge in [0.15, 0.2) is 0 Å². The van der Waals surface area contributed by atoms with Crippen LogP contribution in [0.2, 0.25) is 10.0 Å². The summed E-state index contributed by atoms with van der Waals surface area (Å²) in [6, 6.07) is 1.81. The Morgan fingerprint density at radius 1 is 1.25 bits per heavy atom. The lowest BCUT2D eigenvalue weighted by Crippen LogP contribution is -2.59. The second-order valence-corrected chi connectivity index (χ2v) is 8.67. The van der Waals surface area contributed by atoms with Crippen LogP contribution in [-0.4, -0.2) is 55.8 Å². The molecule has 1 amide bonds. The van der Waals surface area contributed by atoms with Gasteiger partial charge in [0.1, 0.15) is 16.7 Å². The third-order valence-corrected chi connectivity index (χ3v) is 7.33. The average Bonchev–Trinajstić information content (AvgIpc) is 3.01. The number of fused-ring (bicyclic) bond motifs is 1. The molecule has 0 aromatic heterocycles. The van der Waals surface area contributed by atoms with E-state index in [4.69, 9.17) is 27.9 Å². The number of methoxy groups -OCH3 is 1. The molecule has 0 N–H and O–H groups in total. The molecule has 2 saturated heterocycles. The standard InChI is InChI=1S/C15H18Cl2N2O4S/c1-9-15(20)18-5-3-4-10(18)8-19(9)24(21,22)14-7-11(16)13(23-2)6-12(14)17/h6-7,9-10H,3-5,8H2,1-2H3/t9-,10-/m0/s1. The number of carbonyl (C=O) groups excluding carboxylic acids is 1. The number of carbonyl (C=O) groups is 1. The molecule has 1 aromatic carbocycles. The number of hydrogen-bond acceptors (Lipinski definition) is 4. The zero-order valence-electron chi connectivity index (χ0n) is 13.3. The normalized spacial score (nSPS) is 25.0. The summed E-state index contributed by atoms with van der Waals surface area (Å²) in [5.74, 6) is 0.133. The van der Waals surface area contributed by atoms with Gasteiger partial charge in [0.25, 0.3) is 0 Å². The molecule has 1 aromatic rings. The molecule has 0 aliphatic carbocycles. The van der Waals surface area contributed by atoms with Crippen LogP contribution >= 0.6 is 23.2 Å². The first kappa shape index (κ1) is 17.8. The smallest absolute Gasteiger partial charge is 0.245 e. The van der Waals surface area contributed by atoms with Crippen molar-refractivity contribution >= 4 is 39.1 Å². The molecule has 9 heteroatoms. The summed E-state index contributed by atoms with van der Waals surface area (Å²) in [5, 5.41) is 0.170. The van der Waals surface area contributed by atoms with Crippen molar-refractivity contribution in [2.45, 2.75) is 36.7 Å². The predicted molar refractivity (Wildman–Crippen MR) is 91.1 cm³/mol. The number of halogens is 2. The molecule has 6 nitrogen and oxygen atoms in total. The van der Waals surface area contributed by atoms with E-state index in [9.17, 15) is 13.2 Å². The Morgan fingerprint density at radius 2 is 1.96 bits per heavy atom. The molecular formula is C15H18Cl2N2O4S. The highest BCUT2D eigenvalue weighted by Gasteiger charge is 2.45. The van der Waals surface area contributed by atoms with Gasteiger partial charge in [-0.1, -0.05) is 23.2 Å². The van der Waals surface area contributed by atoms with E-state index in [1.54, 1.807) is 11.8 Å². The van der Waals surface area contributed by atoms with Crippen molar-refractivity contribution < 1.29 is 17.9 Å². The van der Waals surface area contributed by atoms with Gasteiger partial charge < -0.3 is 9.64 Å². The minimum atomic E-state index is -3.95. The van der Waals surface area contributed by atoms with Crippen molar-refractivity contribution in [1.82, 2.24) is 9.21 Å². The van der Waals surface area contributed by atoms with Gasteiger partial charge in [0, 0.05) is 25.2 Å². The Kier molecular flexibility index (Phi) is 4.72. The summed E-state index contributed by atoms with van der Waals surface area (Å²) in [6.07, 6.45) is 1.70. The fourth-order valence-electron chi connectivity index (χ4n) is 3.34. The number of amides is 1. The van der Waals surface area contributed by atoms with E-state index >= 15 is 0 Å². The van der Waals surface area contributed by atoms with Crippen LogP contribution in [0, 0.1) is 0 Å². The molecule has 2 aliphatic rings. The Labute approximate surface area is 151 Å². The van der Waals surface area contributed by atoms with E-state index < -0.39 is 16.1 Å². The summed E-state index contributed by atoms with van der Waals surface area (Å²) >= 11 is 12.2. The van der Waals surface area contributed by atoms with E-state index in [1.165, 1.54) is 23.5 Å². The lowest BCUT2D eigenvalue weighted by atomic mass is 10.1. The lowest BCUT2D eigenvalue weighted by molar-refractivity contribution is -0.139. The zero-order chi connectivity index (χ0) is 17.6. The first-order valence-corrected chi connectivity index (χ1v) is 9.82. The van der Waals surface area contributed by atoms with Gasteiger partial charge in [-0.05, 0) is 25.8 Å². The molecule has 2 fully saturated rings. The van der Waals surface area contributed by atoms with E-state index in [0.29, 0.717) is 12.3 Å². The largest absolute Gasteiger partial charge is 0.495 e. The maximum atomic E-state index is 13.1. The third kappa shape index (κ3) is 2.77. The SMILES string of the molecule is COc1cc(Cl)c(S(=O)(=O)N2C[C@@H]3CCCN3C(=O)[C@@H]2C)cc1Cl. The highest BCUT2D eigenvalue weighted by atomic mass is 35.5. The van der Waals surface area contributed by atoms with Crippen molar-refractivity contribution in [3.05, 3.63) is 22.2 Å². The van der Waals surface area contributed by atoms with Crippen LogP contribution in [0.3, 0.4) is 0 Å². The van der Waals surface area contributed by atoms with E-state index in [2.05, 4.69) is 0 Å². The second kappa shape index (κ2) is 6.37. The summed E-state index contributed by atoms with van der Waals surface area (Å²) in [6.45, 7) is 2.57. The topological polar surface area (TPSA) is 66.9 Å². The summed E-state index contributed by atoms with van der Waals surface area (Å²) in [4.78, 5) is 14.2. The molecule has 24 heavy (non-hydrogen) atoms. The number of piperazine rings is 1. The summed E-state index contributed by atoms with van der Waals surface area (Å²) in [5.41, 5.74) is 0. The number of hydrogen-bond donors (Lipinski definition) is 0. The Bertz CT molecular complexity index is 784. The van der Waals surface area contributed by atoms with E-state index in [-0.39, 0.29) is 33.4 Å². The monoisotopic (exact) mass is 392 g/mol. The summed E-state index contributed by atoms with van der Waals surface area (Å²) in [7, 11) is -2.52. The van der Waals surface area contributed by atoms with Crippen LogP contribution in [0.25, 0.3) is 0 Å². The van der Waals surface area contributed by atoms with Gasteiger partial charge in [-0.15, -0.1) is 0 Å². The van der Waals surface area contributed by atoms with E-state index in [0.717, 1.165) is 12.8 Å². The molecule has 0 unspecified atom stereocenters. The van der Waals surface area contributed by atoms with Crippen molar-refractivity contribution in [3.8, 4) is 5.75 Å². The molecule has 0 radical (unpaired) electrons. The molecule has 2 aliphatic heterocycles. The van der Waals surface area contributed by atoms with Gasteiger partial charge in [-0.25, -0.2) is 8.42 Å². The maximum absolute atomic E-state index is 13.1. The maximum Gasteiger partial charge on any atom is 0.245 e. The van der Waals surface area contributed by atoms with Gasteiger partial charge in [0.2, 0.25) is 15.9 Å². The zero-order valence-corrected chi connectivity index (χ0v) is 15.7. The average molecular weight is 393 g/mol. The van der Waals surface area contributed by atoms with Crippen molar-refractivity contribution in [2.24, 2.45) is 0 Å². The Balaban J connectivity index is 2.01. The first-order valence-electron chi connectivity index (χ1n) is 7.62. The van der Waals surface area contributed by atoms with Crippen LogP contribution in [0.4, 0.5) is 0 Å². The molecule has 0 spiro atoms. The van der Waals surface area contributed by atoms with Crippen molar-refractivity contribution in [2.75, 3.05) is 20.2 Å². The molecular weight excluding hydrogens is 375 g/mol. The molecule has 0 saturated carbocycles. The van der Waals surface area contributed by atoms with Crippen LogP contribution in [0.15, 0.2) is 17.0 Å². The Hall–Kier alpha value is -1.02. The number of ether oxygens (including phenoxy) is 1. The highest BCUT2D eigenvalue weighted by molar-refractivity contribution is 7.89. The van der Waals surface area contributed by atoms with Crippen LogP contribution in [-0.2, 0) is 14.8 Å². The highest BCUT2D eigenvalue weighted by Crippen LogP contribution is 2.37. The quantitative estimate of drug-likeness (QED) is 0.791. The number of nitrogens with zero attached hydrogens (tertiary/aromatic N) is 2. The molecule has 132 valence electrons. The van der Waals surface area contributed by atoms with Gasteiger partial charge >= 0.3 is 0 Å². The fraction of sp³-hybridized carbons (Fsp3) is 0.533. The van der Waals surface area contributed by atoms with Crippen molar-refractivity contribution in [1.29, 1.82) is 0 Å². The van der Waals surface area contributed by atoms with Crippen LogP contribution in [0.1, 0.15) is 19.8 Å². The van der Waals surface area contributed by atoms with Gasteiger partial charge in [-0.3, -0.25) is 4.79 Å². The summed E-state index contributed by atoms with van der Waals surface area (Å²) < 4.78 is 32.4. The second-order valence-electron chi connectivity index (χ2n) is 6.00. The van der Waals surface area contributed by atoms with Gasteiger partial charge in [0.05, 0.1) is 17.2 Å². The van der Waals surface area contributed by atoms with Gasteiger partial charge in [-0.2, -0.15) is 4.31 Å². The Morgan fingerprint density at radius 3 is 2.62 bits per heavy atom. The number of sulfonamides is 1. The van der Waals surface area contributed by atoms with Crippen molar-refractivity contribution in [3.63, 3.8) is 0 Å². The predicted octanol–water partition coefficient (Wildman–Crippen LogP) is 2.39. The lowest BCUT2D eigenvalue weighted by Gasteiger charge is -2.40. The number of benzene rings is 1. The first-order chi connectivity index (χ1) is 11.3. The van der Waals surface area contributed by atoms with E-state index in [1.807, 2.05) is 0 Å². The number of rotatable bonds is 3. The molecule has 0 bridgehead atoms. The minimum Gasteiger partial charge on any atom is -0.495 e. The molecule has 2 atom stereocenters.